The van der Waals surface area contributed by atoms with E-state index in [2.05, 4.69) is 15.0 Å². The van der Waals surface area contributed by atoms with Crippen molar-refractivity contribution in [2.24, 2.45) is 0 Å². The minimum atomic E-state index is -3.60. The van der Waals surface area contributed by atoms with Crippen molar-refractivity contribution in [3.63, 3.8) is 0 Å². The second-order valence-electron chi connectivity index (χ2n) is 4.29. The number of nitrogens with zero attached hydrogens (tertiary/aromatic N) is 1. The molecule has 0 aliphatic rings. The SMILES string of the molecule is CCc1cccc(NS(=O)(=O)c2ccnc(NC)c2)c1. The number of aromatic nitrogens is 1. The zero-order chi connectivity index (χ0) is 14.6. The normalized spacial score (nSPS) is 11.1. The summed E-state index contributed by atoms with van der Waals surface area (Å²) in [6.07, 6.45) is 2.32. The van der Waals surface area contributed by atoms with Crippen LogP contribution in [0.25, 0.3) is 0 Å². The molecule has 0 spiro atoms. The van der Waals surface area contributed by atoms with Crippen LogP contribution in [0, 0.1) is 0 Å². The van der Waals surface area contributed by atoms with Crippen molar-refractivity contribution in [3.8, 4) is 0 Å². The minimum absolute atomic E-state index is 0.179. The first kappa shape index (κ1) is 14.3. The number of hydrogen-bond acceptors (Lipinski definition) is 4. The second kappa shape index (κ2) is 5.92. The Balaban J connectivity index is 2.30. The molecule has 106 valence electrons. The lowest BCUT2D eigenvalue weighted by atomic mass is 10.1. The Hall–Kier alpha value is -2.08. The predicted molar refractivity (Wildman–Crippen MR) is 80.4 cm³/mol. The zero-order valence-electron chi connectivity index (χ0n) is 11.4. The average Bonchev–Trinajstić information content (AvgIpc) is 2.47. The summed E-state index contributed by atoms with van der Waals surface area (Å²) >= 11 is 0. The van der Waals surface area contributed by atoms with Crippen LogP contribution in [0.2, 0.25) is 0 Å². The van der Waals surface area contributed by atoms with Crippen LogP contribution in [-0.2, 0) is 16.4 Å². The van der Waals surface area contributed by atoms with Gasteiger partial charge >= 0.3 is 0 Å². The van der Waals surface area contributed by atoms with Crippen LogP contribution < -0.4 is 10.0 Å². The van der Waals surface area contributed by atoms with Crippen LogP contribution in [0.3, 0.4) is 0 Å². The van der Waals surface area contributed by atoms with E-state index in [0.29, 0.717) is 11.5 Å². The van der Waals surface area contributed by atoms with Crippen LogP contribution in [0.4, 0.5) is 11.5 Å². The van der Waals surface area contributed by atoms with Crippen LogP contribution in [0.15, 0.2) is 47.5 Å². The maximum Gasteiger partial charge on any atom is 0.262 e. The molecule has 2 N–H and O–H groups in total. The number of nitrogens with one attached hydrogen (secondary N) is 2. The van der Waals surface area contributed by atoms with Crippen molar-refractivity contribution >= 4 is 21.5 Å². The summed E-state index contributed by atoms with van der Waals surface area (Å²) in [6, 6.07) is 10.3. The third-order valence-electron chi connectivity index (χ3n) is 2.89. The monoisotopic (exact) mass is 291 g/mol. The molecule has 2 aromatic rings. The van der Waals surface area contributed by atoms with Gasteiger partial charge in [-0.05, 0) is 30.2 Å². The summed E-state index contributed by atoms with van der Waals surface area (Å²) in [7, 11) is -1.91. The highest BCUT2D eigenvalue weighted by Gasteiger charge is 2.15. The van der Waals surface area contributed by atoms with Crippen LogP contribution in [0.1, 0.15) is 12.5 Å². The lowest BCUT2D eigenvalue weighted by Gasteiger charge is -2.10. The Morgan fingerprint density at radius 3 is 2.70 bits per heavy atom. The van der Waals surface area contributed by atoms with E-state index in [1.54, 1.807) is 13.1 Å². The first-order chi connectivity index (χ1) is 9.55. The first-order valence-electron chi connectivity index (χ1n) is 6.30. The van der Waals surface area contributed by atoms with Crippen molar-refractivity contribution < 1.29 is 8.42 Å². The molecule has 0 saturated carbocycles. The Labute approximate surface area is 119 Å². The molecule has 1 aromatic heterocycles. The molecule has 0 bridgehead atoms. The third-order valence-corrected chi connectivity index (χ3v) is 4.26. The third kappa shape index (κ3) is 3.27. The molecule has 1 aromatic carbocycles. The highest BCUT2D eigenvalue weighted by atomic mass is 32.2. The predicted octanol–water partition coefficient (Wildman–Crippen LogP) is 2.49. The fourth-order valence-electron chi connectivity index (χ4n) is 1.78. The molecule has 0 amide bonds. The molecule has 2 rings (SSSR count). The molecule has 20 heavy (non-hydrogen) atoms. The minimum Gasteiger partial charge on any atom is -0.373 e. The Kier molecular flexibility index (Phi) is 4.24. The molecule has 0 radical (unpaired) electrons. The number of hydrogen-bond donors (Lipinski definition) is 2. The van der Waals surface area contributed by atoms with Gasteiger partial charge in [0, 0.05) is 25.0 Å². The Morgan fingerprint density at radius 2 is 2.00 bits per heavy atom. The van der Waals surface area contributed by atoms with Gasteiger partial charge in [-0.3, -0.25) is 4.72 Å². The van der Waals surface area contributed by atoms with Gasteiger partial charge in [0.25, 0.3) is 10.0 Å². The average molecular weight is 291 g/mol. The van der Waals surface area contributed by atoms with Crippen LogP contribution in [-0.4, -0.2) is 20.4 Å². The largest absolute Gasteiger partial charge is 0.373 e. The van der Waals surface area contributed by atoms with Gasteiger partial charge in [0.1, 0.15) is 5.82 Å². The number of benzene rings is 1. The van der Waals surface area contributed by atoms with E-state index in [-0.39, 0.29) is 4.90 Å². The zero-order valence-corrected chi connectivity index (χ0v) is 12.2. The molecule has 0 aliphatic heterocycles. The second-order valence-corrected chi connectivity index (χ2v) is 5.97. The van der Waals surface area contributed by atoms with Gasteiger partial charge in [0.05, 0.1) is 4.90 Å². The maximum absolute atomic E-state index is 12.3. The van der Waals surface area contributed by atoms with E-state index in [4.69, 9.17) is 0 Å². The molecule has 0 saturated heterocycles. The molecule has 0 atom stereocenters. The molecule has 1 heterocycles. The number of sulfonamides is 1. The van der Waals surface area contributed by atoms with Crippen molar-refractivity contribution in [3.05, 3.63) is 48.2 Å². The van der Waals surface area contributed by atoms with E-state index in [0.717, 1.165) is 12.0 Å². The van der Waals surface area contributed by atoms with Gasteiger partial charge < -0.3 is 5.32 Å². The van der Waals surface area contributed by atoms with Crippen LogP contribution >= 0.6 is 0 Å². The first-order valence-corrected chi connectivity index (χ1v) is 7.79. The molecule has 0 aliphatic carbocycles. The standard InChI is InChI=1S/C14H17N3O2S/c1-3-11-5-4-6-12(9-11)17-20(18,19)13-7-8-16-14(10-13)15-2/h4-10,17H,3H2,1-2H3,(H,15,16). The van der Waals surface area contributed by atoms with Gasteiger partial charge in [-0.15, -0.1) is 0 Å². The van der Waals surface area contributed by atoms with Crippen LogP contribution in [0.5, 0.6) is 0 Å². The number of pyridine rings is 1. The lowest BCUT2D eigenvalue weighted by Crippen LogP contribution is -2.13. The van der Waals surface area contributed by atoms with E-state index in [9.17, 15) is 8.42 Å². The van der Waals surface area contributed by atoms with Gasteiger partial charge in [-0.25, -0.2) is 13.4 Å². The molecule has 5 nitrogen and oxygen atoms in total. The number of rotatable bonds is 5. The molecular formula is C14H17N3O2S. The molecule has 6 heteroatoms. The van der Waals surface area contributed by atoms with E-state index in [1.807, 2.05) is 25.1 Å². The highest BCUT2D eigenvalue weighted by molar-refractivity contribution is 7.92. The highest BCUT2D eigenvalue weighted by Crippen LogP contribution is 2.18. The summed E-state index contributed by atoms with van der Waals surface area (Å²) in [6.45, 7) is 2.02. The smallest absolute Gasteiger partial charge is 0.262 e. The number of aryl methyl sites for hydroxylation is 1. The Bertz CT molecular complexity index is 699. The fraction of sp³-hybridized carbons (Fsp3) is 0.214. The van der Waals surface area contributed by atoms with Crippen molar-refractivity contribution in [1.82, 2.24) is 4.98 Å². The summed E-state index contributed by atoms with van der Waals surface area (Å²) in [5, 5.41) is 2.82. The van der Waals surface area contributed by atoms with E-state index in [1.165, 1.54) is 18.3 Å². The van der Waals surface area contributed by atoms with Crippen molar-refractivity contribution in [2.75, 3.05) is 17.1 Å². The number of anilines is 2. The molecule has 0 fully saturated rings. The van der Waals surface area contributed by atoms with Gasteiger partial charge in [-0.1, -0.05) is 19.1 Å². The summed E-state index contributed by atoms with van der Waals surface area (Å²) in [5.41, 5.74) is 1.64. The molecular weight excluding hydrogens is 274 g/mol. The van der Waals surface area contributed by atoms with E-state index < -0.39 is 10.0 Å². The maximum atomic E-state index is 12.3. The topological polar surface area (TPSA) is 71.1 Å². The van der Waals surface area contributed by atoms with Gasteiger partial charge in [-0.2, -0.15) is 0 Å². The van der Waals surface area contributed by atoms with Gasteiger partial charge in [0.2, 0.25) is 0 Å². The summed E-state index contributed by atoms with van der Waals surface area (Å²) in [4.78, 5) is 4.18. The van der Waals surface area contributed by atoms with Gasteiger partial charge in [0.15, 0.2) is 0 Å². The Morgan fingerprint density at radius 1 is 1.20 bits per heavy atom. The van der Waals surface area contributed by atoms with E-state index >= 15 is 0 Å². The fourth-order valence-corrected chi connectivity index (χ4v) is 2.85. The lowest BCUT2D eigenvalue weighted by molar-refractivity contribution is 0.601. The quantitative estimate of drug-likeness (QED) is 0.888. The summed E-state index contributed by atoms with van der Waals surface area (Å²) < 4.78 is 27.2. The van der Waals surface area contributed by atoms with Crippen molar-refractivity contribution in [2.45, 2.75) is 18.2 Å². The summed E-state index contributed by atoms with van der Waals surface area (Å²) in [5.74, 6) is 0.509. The molecule has 0 unspecified atom stereocenters. The van der Waals surface area contributed by atoms with Crippen molar-refractivity contribution in [1.29, 1.82) is 0 Å².